The summed E-state index contributed by atoms with van der Waals surface area (Å²) in [6.45, 7) is 8.92. The average Bonchev–Trinajstić information content (AvgIpc) is 2.44. The molecule has 0 aliphatic rings. The van der Waals surface area contributed by atoms with Crippen molar-refractivity contribution in [2.45, 2.75) is 40.2 Å². The molecule has 0 radical (unpaired) electrons. The highest BCUT2D eigenvalue weighted by molar-refractivity contribution is 6.59. The molecule has 0 fully saturated rings. The van der Waals surface area contributed by atoms with Crippen LogP contribution in [0.15, 0.2) is 18.2 Å². The zero-order valence-electron chi connectivity index (χ0n) is 12.6. The second-order valence-corrected chi connectivity index (χ2v) is 5.23. The molecule has 3 nitrogen and oxygen atoms in total. The molecule has 1 aromatic rings. The first-order chi connectivity index (χ1) is 9.51. The first-order valence-electron chi connectivity index (χ1n) is 7.38. The first kappa shape index (κ1) is 17.1. The topological polar surface area (TPSA) is 43.7 Å². The van der Waals surface area contributed by atoms with Crippen LogP contribution in [0, 0.1) is 11.7 Å². The van der Waals surface area contributed by atoms with Gasteiger partial charge in [-0.2, -0.15) is 0 Å². The lowest BCUT2D eigenvalue weighted by molar-refractivity contribution is 0.226. The third-order valence-corrected chi connectivity index (χ3v) is 3.90. The summed E-state index contributed by atoms with van der Waals surface area (Å²) in [5.74, 6) is 0.192. The van der Waals surface area contributed by atoms with E-state index in [0.29, 0.717) is 12.5 Å². The summed E-state index contributed by atoms with van der Waals surface area (Å²) in [7, 11) is -1.63. The average molecular weight is 281 g/mol. The van der Waals surface area contributed by atoms with Crippen molar-refractivity contribution in [3.63, 3.8) is 0 Å². The third kappa shape index (κ3) is 4.89. The lowest BCUT2D eigenvalue weighted by Gasteiger charge is -2.26. The zero-order chi connectivity index (χ0) is 15.1. The quantitative estimate of drug-likeness (QED) is 0.714. The zero-order valence-corrected chi connectivity index (χ0v) is 12.6. The molecule has 0 unspecified atom stereocenters. The van der Waals surface area contributed by atoms with Gasteiger partial charge in [0, 0.05) is 13.1 Å². The Labute approximate surface area is 121 Å². The number of halogens is 1. The van der Waals surface area contributed by atoms with E-state index in [1.54, 1.807) is 6.07 Å². The van der Waals surface area contributed by atoms with Crippen molar-refractivity contribution < 1.29 is 14.4 Å². The largest absolute Gasteiger partial charge is 0.488 e. The van der Waals surface area contributed by atoms with Crippen LogP contribution in [0.3, 0.4) is 0 Å². The van der Waals surface area contributed by atoms with Crippen LogP contribution in [0.1, 0.15) is 39.2 Å². The van der Waals surface area contributed by atoms with Crippen LogP contribution in [0.25, 0.3) is 0 Å². The minimum absolute atomic E-state index is 0.257. The molecule has 0 bridgehead atoms. The highest BCUT2D eigenvalue weighted by Gasteiger charge is 2.19. The number of benzene rings is 1. The van der Waals surface area contributed by atoms with Crippen molar-refractivity contribution in [1.82, 2.24) is 4.90 Å². The van der Waals surface area contributed by atoms with Crippen LogP contribution in [0.5, 0.6) is 0 Å². The second kappa shape index (κ2) is 8.40. The van der Waals surface area contributed by atoms with Gasteiger partial charge in [0.15, 0.2) is 0 Å². The summed E-state index contributed by atoms with van der Waals surface area (Å²) in [4.78, 5) is 2.26. The smallest absolute Gasteiger partial charge is 0.423 e. The van der Waals surface area contributed by atoms with Crippen molar-refractivity contribution in [3.8, 4) is 0 Å². The summed E-state index contributed by atoms with van der Waals surface area (Å²) in [5, 5.41) is 18.7. The lowest BCUT2D eigenvalue weighted by Crippen LogP contribution is -2.37. The molecule has 2 N–H and O–H groups in total. The van der Waals surface area contributed by atoms with E-state index in [1.165, 1.54) is 12.1 Å². The molecular formula is C15H25BFNO2. The Balaban J connectivity index is 2.84. The van der Waals surface area contributed by atoms with Crippen LogP contribution < -0.4 is 5.46 Å². The van der Waals surface area contributed by atoms with Crippen molar-refractivity contribution in [3.05, 3.63) is 29.6 Å². The fourth-order valence-corrected chi connectivity index (χ4v) is 2.41. The summed E-state index contributed by atoms with van der Waals surface area (Å²) in [5.41, 5.74) is 1.03. The Bertz CT molecular complexity index is 411. The molecule has 0 saturated carbocycles. The van der Waals surface area contributed by atoms with E-state index in [1.807, 2.05) is 0 Å². The first-order valence-corrected chi connectivity index (χ1v) is 7.38. The van der Waals surface area contributed by atoms with Gasteiger partial charge in [0.1, 0.15) is 5.82 Å². The van der Waals surface area contributed by atoms with Crippen molar-refractivity contribution in [2.75, 3.05) is 13.1 Å². The lowest BCUT2D eigenvalue weighted by atomic mass is 9.77. The van der Waals surface area contributed by atoms with Crippen molar-refractivity contribution in [1.29, 1.82) is 0 Å². The Hall–Kier alpha value is -0.905. The molecule has 112 valence electrons. The molecule has 0 saturated heterocycles. The molecule has 1 aromatic carbocycles. The number of hydrogen-bond acceptors (Lipinski definition) is 3. The van der Waals surface area contributed by atoms with Crippen LogP contribution in [-0.4, -0.2) is 35.2 Å². The van der Waals surface area contributed by atoms with Gasteiger partial charge in [0.25, 0.3) is 0 Å². The molecule has 0 amide bonds. The van der Waals surface area contributed by atoms with Crippen LogP contribution in [0.2, 0.25) is 0 Å². The maximum Gasteiger partial charge on any atom is 0.488 e. The molecule has 5 heteroatoms. The highest BCUT2D eigenvalue weighted by Crippen LogP contribution is 2.12. The molecule has 0 heterocycles. The van der Waals surface area contributed by atoms with Gasteiger partial charge in [0.2, 0.25) is 0 Å². The number of hydrogen-bond donors (Lipinski definition) is 2. The Morgan fingerprint density at radius 3 is 2.35 bits per heavy atom. The molecule has 20 heavy (non-hydrogen) atoms. The Kier molecular flexibility index (Phi) is 7.20. The minimum Gasteiger partial charge on any atom is -0.423 e. The van der Waals surface area contributed by atoms with Gasteiger partial charge in [0.05, 0.1) is 0 Å². The standard InChI is InChI=1S/C15H25BFNO2/c1-4-12(5-2)10-18(6-3)11-13-7-8-14(17)9-15(13)16(19)20/h7-9,12,19-20H,4-6,10-11H2,1-3H3. The predicted octanol–water partition coefficient (Wildman–Crippen LogP) is 1.76. The second-order valence-electron chi connectivity index (χ2n) is 5.23. The summed E-state index contributed by atoms with van der Waals surface area (Å²) >= 11 is 0. The third-order valence-electron chi connectivity index (χ3n) is 3.90. The molecule has 1 rings (SSSR count). The number of rotatable bonds is 8. The predicted molar refractivity (Wildman–Crippen MR) is 81.2 cm³/mol. The molecule has 0 spiro atoms. The molecule has 0 aliphatic heterocycles. The maximum absolute atomic E-state index is 13.2. The molecular weight excluding hydrogens is 256 g/mol. The van der Waals surface area contributed by atoms with E-state index in [2.05, 4.69) is 25.7 Å². The fourth-order valence-electron chi connectivity index (χ4n) is 2.41. The minimum atomic E-state index is -1.63. The Morgan fingerprint density at radius 1 is 1.20 bits per heavy atom. The van der Waals surface area contributed by atoms with Crippen molar-refractivity contribution >= 4 is 12.6 Å². The monoisotopic (exact) mass is 281 g/mol. The van der Waals surface area contributed by atoms with Crippen molar-refractivity contribution in [2.24, 2.45) is 5.92 Å². The fraction of sp³-hybridized carbons (Fsp3) is 0.600. The van der Waals surface area contributed by atoms with E-state index in [9.17, 15) is 14.4 Å². The van der Waals surface area contributed by atoms with E-state index < -0.39 is 12.9 Å². The van der Waals surface area contributed by atoms with Crippen LogP contribution >= 0.6 is 0 Å². The normalized spacial score (nSPS) is 11.4. The number of nitrogens with zero attached hydrogens (tertiary/aromatic N) is 1. The van der Waals surface area contributed by atoms with Gasteiger partial charge in [-0.3, -0.25) is 4.90 Å². The van der Waals surface area contributed by atoms with E-state index in [0.717, 1.165) is 31.5 Å². The van der Waals surface area contributed by atoms with E-state index >= 15 is 0 Å². The molecule has 0 atom stereocenters. The van der Waals surface area contributed by atoms with Gasteiger partial charge in [-0.1, -0.05) is 39.7 Å². The van der Waals surface area contributed by atoms with Gasteiger partial charge in [-0.15, -0.1) is 0 Å². The van der Waals surface area contributed by atoms with E-state index in [4.69, 9.17) is 0 Å². The molecule has 0 aromatic heterocycles. The SMILES string of the molecule is CCC(CC)CN(CC)Cc1ccc(F)cc1B(O)O. The van der Waals surface area contributed by atoms with Gasteiger partial charge in [-0.25, -0.2) is 4.39 Å². The summed E-state index contributed by atoms with van der Waals surface area (Å²) in [6, 6.07) is 4.21. The Morgan fingerprint density at radius 2 is 1.85 bits per heavy atom. The van der Waals surface area contributed by atoms with E-state index in [-0.39, 0.29) is 5.46 Å². The molecule has 0 aliphatic carbocycles. The summed E-state index contributed by atoms with van der Waals surface area (Å²) in [6.07, 6.45) is 2.26. The van der Waals surface area contributed by atoms with Gasteiger partial charge >= 0.3 is 7.12 Å². The van der Waals surface area contributed by atoms with Gasteiger partial charge < -0.3 is 10.0 Å². The highest BCUT2D eigenvalue weighted by atomic mass is 19.1. The maximum atomic E-state index is 13.2. The van der Waals surface area contributed by atoms with Gasteiger partial charge in [-0.05, 0) is 35.6 Å². The van der Waals surface area contributed by atoms with Crippen LogP contribution in [0.4, 0.5) is 4.39 Å². The van der Waals surface area contributed by atoms with Crippen LogP contribution in [-0.2, 0) is 6.54 Å². The summed E-state index contributed by atoms with van der Waals surface area (Å²) < 4.78 is 13.2.